The Hall–Kier alpha value is -1.73. The third-order valence-electron chi connectivity index (χ3n) is 2.67. The highest BCUT2D eigenvalue weighted by Gasteiger charge is 2.02. The van der Waals surface area contributed by atoms with Crippen molar-refractivity contribution in [2.45, 2.75) is 0 Å². The summed E-state index contributed by atoms with van der Waals surface area (Å²) in [4.78, 5) is 3.38. The first kappa shape index (κ1) is 9.49. The molecule has 0 saturated carbocycles. The number of benzene rings is 2. The highest BCUT2D eigenvalue weighted by Crippen LogP contribution is 2.25. The molecule has 3 aromatic rings. The van der Waals surface area contributed by atoms with E-state index >= 15 is 0 Å². The van der Waals surface area contributed by atoms with Crippen LogP contribution in [0.25, 0.3) is 22.2 Å². The van der Waals surface area contributed by atoms with E-state index in [0.29, 0.717) is 0 Å². The van der Waals surface area contributed by atoms with Crippen molar-refractivity contribution in [2.24, 2.45) is 0 Å². The SMILES string of the molecule is Clc1cccc(-c2cc3ccccc3[nH]2)c1. The summed E-state index contributed by atoms with van der Waals surface area (Å²) in [7, 11) is 0. The molecule has 1 heterocycles. The van der Waals surface area contributed by atoms with Crippen LogP contribution in [0.15, 0.2) is 54.6 Å². The molecule has 78 valence electrons. The van der Waals surface area contributed by atoms with Gasteiger partial charge in [-0.05, 0) is 29.8 Å². The highest BCUT2D eigenvalue weighted by atomic mass is 35.5. The van der Waals surface area contributed by atoms with Gasteiger partial charge in [0.25, 0.3) is 0 Å². The van der Waals surface area contributed by atoms with Crippen LogP contribution in [-0.4, -0.2) is 4.98 Å². The van der Waals surface area contributed by atoms with Crippen LogP contribution in [0.1, 0.15) is 0 Å². The second-order valence-electron chi connectivity index (χ2n) is 3.78. The van der Waals surface area contributed by atoms with E-state index in [1.165, 1.54) is 5.39 Å². The predicted octanol–water partition coefficient (Wildman–Crippen LogP) is 4.49. The zero-order chi connectivity index (χ0) is 11.0. The molecule has 0 atom stereocenters. The standard InChI is InChI=1S/C14H10ClN/c15-12-6-3-5-10(8-12)14-9-11-4-1-2-7-13(11)16-14/h1-9,16H. The Balaban J connectivity index is 2.19. The predicted molar refractivity (Wildman–Crippen MR) is 68.7 cm³/mol. The third-order valence-corrected chi connectivity index (χ3v) is 2.90. The van der Waals surface area contributed by atoms with Gasteiger partial charge in [0.1, 0.15) is 0 Å². The molecule has 0 aliphatic heterocycles. The maximum Gasteiger partial charge on any atom is 0.0465 e. The van der Waals surface area contributed by atoms with E-state index in [9.17, 15) is 0 Å². The number of fused-ring (bicyclic) bond motifs is 1. The lowest BCUT2D eigenvalue weighted by Gasteiger charge is -1.97. The zero-order valence-corrected chi connectivity index (χ0v) is 9.33. The Labute approximate surface area is 98.7 Å². The van der Waals surface area contributed by atoms with Crippen LogP contribution >= 0.6 is 11.6 Å². The third kappa shape index (κ3) is 1.59. The van der Waals surface area contributed by atoms with E-state index in [1.54, 1.807) is 0 Å². The lowest BCUT2D eigenvalue weighted by Crippen LogP contribution is -1.75. The van der Waals surface area contributed by atoms with Crippen LogP contribution in [0.4, 0.5) is 0 Å². The van der Waals surface area contributed by atoms with Crippen molar-refractivity contribution in [3.05, 3.63) is 59.6 Å². The molecule has 0 aliphatic carbocycles. The first-order valence-electron chi connectivity index (χ1n) is 5.17. The number of nitrogens with one attached hydrogen (secondary N) is 1. The van der Waals surface area contributed by atoms with Crippen molar-refractivity contribution in [3.8, 4) is 11.3 Å². The minimum atomic E-state index is 0.760. The first-order chi connectivity index (χ1) is 7.83. The average Bonchev–Trinajstić information content (AvgIpc) is 2.72. The largest absolute Gasteiger partial charge is 0.355 e. The smallest absolute Gasteiger partial charge is 0.0465 e. The van der Waals surface area contributed by atoms with Gasteiger partial charge in [-0.3, -0.25) is 0 Å². The number of aromatic nitrogens is 1. The van der Waals surface area contributed by atoms with Crippen LogP contribution in [0.5, 0.6) is 0 Å². The number of aromatic amines is 1. The number of hydrogen-bond donors (Lipinski definition) is 1. The van der Waals surface area contributed by atoms with Crippen molar-refractivity contribution in [3.63, 3.8) is 0 Å². The summed E-state index contributed by atoms with van der Waals surface area (Å²) in [6.45, 7) is 0. The molecule has 1 N–H and O–H groups in total. The molecule has 0 amide bonds. The molecule has 0 bridgehead atoms. The van der Waals surface area contributed by atoms with Gasteiger partial charge >= 0.3 is 0 Å². The van der Waals surface area contributed by atoms with Crippen molar-refractivity contribution in [2.75, 3.05) is 0 Å². The molecule has 0 spiro atoms. The van der Waals surface area contributed by atoms with Gasteiger partial charge in [0.2, 0.25) is 0 Å². The second-order valence-corrected chi connectivity index (χ2v) is 4.22. The maximum atomic E-state index is 5.98. The van der Waals surface area contributed by atoms with E-state index in [2.05, 4.69) is 29.2 Å². The number of hydrogen-bond acceptors (Lipinski definition) is 0. The molecule has 0 saturated heterocycles. The van der Waals surface area contributed by atoms with E-state index in [-0.39, 0.29) is 0 Å². The molecule has 0 fully saturated rings. The summed E-state index contributed by atoms with van der Waals surface area (Å²) >= 11 is 5.98. The topological polar surface area (TPSA) is 15.8 Å². The first-order valence-corrected chi connectivity index (χ1v) is 5.54. The van der Waals surface area contributed by atoms with Gasteiger partial charge < -0.3 is 4.98 Å². The van der Waals surface area contributed by atoms with Gasteiger partial charge in [0.15, 0.2) is 0 Å². The van der Waals surface area contributed by atoms with E-state index in [0.717, 1.165) is 21.8 Å². The zero-order valence-electron chi connectivity index (χ0n) is 8.57. The summed E-state index contributed by atoms with van der Waals surface area (Å²) in [6.07, 6.45) is 0. The molecule has 2 heteroatoms. The van der Waals surface area contributed by atoms with Crippen LogP contribution in [0.3, 0.4) is 0 Å². The Morgan fingerprint density at radius 3 is 2.56 bits per heavy atom. The average molecular weight is 228 g/mol. The molecular weight excluding hydrogens is 218 g/mol. The summed E-state index contributed by atoms with van der Waals surface area (Å²) in [6, 6.07) is 18.2. The van der Waals surface area contributed by atoms with Crippen LogP contribution in [-0.2, 0) is 0 Å². The summed E-state index contributed by atoms with van der Waals surface area (Å²) < 4.78 is 0. The van der Waals surface area contributed by atoms with E-state index in [4.69, 9.17) is 11.6 Å². The van der Waals surface area contributed by atoms with Gasteiger partial charge in [-0.1, -0.05) is 41.9 Å². The summed E-state index contributed by atoms with van der Waals surface area (Å²) in [5.41, 5.74) is 3.37. The summed E-state index contributed by atoms with van der Waals surface area (Å²) in [5, 5.41) is 1.98. The fourth-order valence-electron chi connectivity index (χ4n) is 1.88. The Morgan fingerprint density at radius 1 is 0.875 bits per heavy atom. The second kappa shape index (κ2) is 3.69. The lowest BCUT2D eigenvalue weighted by atomic mass is 10.1. The number of halogens is 1. The maximum absolute atomic E-state index is 5.98. The van der Waals surface area contributed by atoms with E-state index < -0.39 is 0 Å². The van der Waals surface area contributed by atoms with Gasteiger partial charge in [-0.2, -0.15) is 0 Å². The molecule has 3 rings (SSSR count). The van der Waals surface area contributed by atoms with Gasteiger partial charge in [0.05, 0.1) is 0 Å². The van der Waals surface area contributed by atoms with Crippen LogP contribution < -0.4 is 0 Å². The normalized spacial score (nSPS) is 10.8. The molecule has 0 radical (unpaired) electrons. The minimum absolute atomic E-state index is 0.760. The fourth-order valence-corrected chi connectivity index (χ4v) is 2.08. The molecular formula is C14H10ClN. The number of rotatable bonds is 1. The minimum Gasteiger partial charge on any atom is -0.355 e. The van der Waals surface area contributed by atoms with Gasteiger partial charge in [0, 0.05) is 21.6 Å². The monoisotopic (exact) mass is 227 g/mol. The molecule has 1 aromatic heterocycles. The Morgan fingerprint density at radius 2 is 1.75 bits per heavy atom. The van der Waals surface area contributed by atoms with Gasteiger partial charge in [-0.15, -0.1) is 0 Å². The van der Waals surface area contributed by atoms with Crippen molar-refractivity contribution in [1.82, 2.24) is 4.98 Å². The quantitative estimate of drug-likeness (QED) is 0.631. The Kier molecular flexibility index (Phi) is 2.19. The van der Waals surface area contributed by atoms with Crippen molar-refractivity contribution in [1.29, 1.82) is 0 Å². The van der Waals surface area contributed by atoms with Crippen molar-refractivity contribution >= 4 is 22.5 Å². The molecule has 0 unspecified atom stereocenters. The molecule has 0 aliphatic rings. The van der Waals surface area contributed by atoms with Crippen LogP contribution in [0, 0.1) is 0 Å². The highest BCUT2D eigenvalue weighted by molar-refractivity contribution is 6.30. The number of H-pyrrole nitrogens is 1. The molecule has 1 nitrogen and oxygen atoms in total. The van der Waals surface area contributed by atoms with Crippen LogP contribution in [0.2, 0.25) is 5.02 Å². The molecule has 16 heavy (non-hydrogen) atoms. The lowest BCUT2D eigenvalue weighted by molar-refractivity contribution is 1.45. The fraction of sp³-hybridized carbons (Fsp3) is 0. The summed E-state index contributed by atoms with van der Waals surface area (Å²) in [5.74, 6) is 0. The molecule has 2 aromatic carbocycles. The Bertz CT molecular complexity index is 607. The number of para-hydroxylation sites is 1. The van der Waals surface area contributed by atoms with Crippen molar-refractivity contribution < 1.29 is 0 Å². The van der Waals surface area contributed by atoms with Gasteiger partial charge in [-0.25, -0.2) is 0 Å². The van der Waals surface area contributed by atoms with E-state index in [1.807, 2.05) is 30.3 Å².